The van der Waals surface area contributed by atoms with Gasteiger partial charge in [0.25, 0.3) is 0 Å². The third-order valence-electron chi connectivity index (χ3n) is 6.37. The van der Waals surface area contributed by atoms with Crippen LogP contribution >= 0.6 is 11.6 Å². The molecular weight excluding hydrogens is 436 g/mol. The molecule has 1 saturated heterocycles. The van der Waals surface area contributed by atoms with Gasteiger partial charge in [-0.25, -0.2) is 9.97 Å². The van der Waals surface area contributed by atoms with Crippen LogP contribution in [-0.4, -0.2) is 49.8 Å². The van der Waals surface area contributed by atoms with Gasteiger partial charge in [0.2, 0.25) is 5.91 Å². The summed E-state index contributed by atoms with van der Waals surface area (Å²) < 4.78 is 0. The summed E-state index contributed by atoms with van der Waals surface area (Å²) in [4.78, 5) is 29.6. The van der Waals surface area contributed by atoms with E-state index in [9.17, 15) is 4.79 Å². The van der Waals surface area contributed by atoms with E-state index in [2.05, 4.69) is 32.8 Å². The molecule has 1 atom stereocenters. The second-order valence-corrected chi connectivity index (χ2v) is 9.11. The number of hydrogen-bond donors (Lipinski definition) is 2. The third-order valence-corrected chi connectivity index (χ3v) is 6.61. The van der Waals surface area contributed by atoms with Crippen molar-refractivity contribution in [2.45, 2.75) is 38.9 Å². The summed E-state index contributed by atoms with van der Waals surface area (Å²) in [5.41, 5.74) is 9.95. The number of carbonyl (C=O) groups is 1. The molecule has 8 heteroatoms. The van der Waals surface area contributed by atoms with Crippen LogP contribution in [0.25, 0.3) is 21.8 Å². The molecule has 4 aromatic rings. The van der Waals surface area contributed by atoms with Gasteiger partial charge in [0, 0.05) is 53.2 Å². The van der Waals surface area contributed by atoms with Crippen LogP contribution in [0.2, 0.25) is 5.02 Å². The molecule has 2 aromatic carbocycles. The number of nitrogens with one attached hydrogen (secondary N) is 1. The minimum Gasteiger partial charge on any atom is -0.383 e. The highest BCUT2D eigenvalue weighted by molar-refractivity contribution is 6.31. The molecule has 0 unspecified atom stereocenters. The van der Waals surface area contributed by atoms with Crippen molar-refractivity contribution in [3.8, 4) is 0 Å². The first-order chi connectivity index (χ1) is 16.0. The van der Waals surface area contributed by atoms with Gasteiger partial charge in [0.05, 0.1) is 11.6 Å². The van der Waals surface area contributed by atoms with Gasteiger partial charge < -0.3 is 15.6 Å². The Bertz CT molecular complexity index is 1320. The van der Waals surface area contributed by atoms with Crippen LogP contribution in [0.4, 0.5) is 5.82 Å². The number of anilines is 1. The topological polar surface area (TPSA) is 91.1 Å². The number of H-pyrrole nitrogens is 1. The van der Waals surface area contributed by atoms with Gasteiger partial charge in [-0.05, 0) is 48.4 Å². The summed E-state index contributed by atoms with van der Waals surface area (Å²) in [5.74, 6) is 0.656. The molecular formula is C25H27ClN6O. The fourth-order valence-corrected chi connectivity index (χ4v) is 4.90. The molecule has 0 spiro atoms. The van der Waals surface area contributed by atoms with Gasteiger partial charge >= 0.3 is 0 Å². The zero-order chi connectivity index (χ0) is 22.9. The first-order valence-corrected chi connectivity index (χ1v) is 11.7. The highest BCUT2D eigenvalue weighted by Crippen LogP contribution is 2.25. The average molecular weight is 463 g/mol. The number of nitrogen functional groups attached to an aromatic ring is 1. The fourth-order valence-electron chi connectivity index (χ4n) is 4.72. The Morgan fingerprint density at radius 3 is 2.85 bits per heavy atom. The summed E-state index contributed by atoms with van der Waals surface area (Å²) in [7, 11) is 0. The Balaban J connectivity index is 1.33. The number of hydrogen-bond acceptors (Lipinski definition) is 5. The van der Waals surface area contributed by atoms with Crippen LogP contribution in [0.1, 0.15) is 31.0 Å². The Morgan fingerprint density at radius 1 is 1.12 bits per heavy atom. The normalized spacial score (nSPS) is 17.3. The number of benzene rings is 2. The quantitative estimate of drug-likeness (QED) is 0.444. The maximum atomic E-state index is 13.5. The van der Waals surface area contributed by atoms with Gasteiger partial charge in [-0.3, -0.25) is 9.69 Å². The van der Waals surface area contributed by atoms with E-state index in [4.69, 9.17) is 17.3 Å². The summed E-state index contributed by atoms with van der Waals surface area (Å²) in [6.07, 6.45) is 3.26. The molecule has 0 bridgehead atoms. The van der Waals surface area contributed by atoms with Crippen LogP contribution in [0.15, 0.2) is 48.8 Å². The minimum atomic E-state index is -0.128. The lowest BCUT2D eigenvalue weighted by Crippen LogP contribution is -2.56. The molecule has 3 heterocycles. The van der Waals surface area contributed by atoms with Crippen molar-refractivity contribution in [1.29, 1.82) is 0 Å². The predicted molar refractivity (Wildman–Crippen MR) is 132 cm³/mol. The van der Waals surface area contributed by atoms with E-state index in [1.807, 2.05) is 41.3 Å². The largest absolute Gasteiger partial charge is 0.383 e. The Morgan fingerprint density at radius 2 is 2.00 bits per heavy atom. The maximum Gasteiger partial charge on any atom is 0.240 e. The minimum absolute atomic E-state index is 0.128. The lowest BCUT2D eigenvalue weighted by atomic mass is 10.0. The first kappa shape index (κ1) is 21.7. The smallest absolute Gasteiger partial charge is 0.240 e. The molecule has 1 fully saturated rings. The zero-order valence-electron chi connectivity index (χ0n) is 18.6. The van der Waals surface area contributed by atoms with E-state index in [1.54, 1.807) is 0 Å². The fraction of sp³-hybridized carbons (Fsp3) is 0.320. The number of nitrogens with zero attached hydrogens (tertiary/aromatic N) is 4. The molecule has 3 N–H and O–H groups in total. The zero-order valence-corrected chi connectivity index (χ0v) is 19.3. The van der Waals surface area contributed by atoms with Crippen molar-refractivity contribution in [2.75, 3.05) is 18.8 Å². The van der Waals surface area contributed by atoms with Crippen LogP contribution in [0.5, 0.6) is 0 Å². The summed E-state index contributed by atoms with van der Waals surface area (Å²) >= 11 is 6.14. The standard InChI is InChI=1S/C25H27ClN6O/c1-2-3-23-25(33)32(13-16-4-6-20-22(10-16)28-15-29-24(20)27)9-8-31(23)14-19-12-17-11-18(26)5-7-21(17)30-19/h4-7,10-12,15,23,30H,2-3,8-9,13-14H2,1H3,(H2,27,28,29)/t23-/m0/s1. The van der Waals surface area contributed by atoms with Crippen LogP contribution in [0.3, 0.4) is 0 Å². The van der Waals surface area contributed by atoms with Gasteiger partial charge in [0.15, 0.2) is 0 Å². The molecule has 2 aromatic heterocycles. The molecule has 1 aliphatic rings. The summed E-state index contributed by atoms with van der Waals surface area (Å²) in [6.45, 7) is 4.92. The van der Waals surface area contributed by atoms with Gasteiger partial charge in [-0.1, -0.05) is 31.0 Å². The van der Waals surface area contributed by atoms with E-state index >= 15 is 0 Å². The number of amides is 1. The van der Waals surface area contributed by atoms with E-state index in [0.717, 1.165) is 57.5 Å². The first-order valence-electron chi connectivity index (χ1n) is 11.3. The molecule has 170 valence electrons. The van der Waals surface area contributed by atoms with Gasteiger partial charge in [-0.2, -0.15) is 0 Å². The van der Waals surface area contributed by atoms with Crippen LogP contribution in [0, 0.1) is 0 Å². The average Bonchev–Trinajstić information content (AvgIpc) is 3.19. The van der Waals surface area contributed by atoms with E-state index < -0.39 is 0 Å². The molecule has 0 saturated carbocycles. The highest BCUT2D eigenvalue weighted by Gasteiger charge is 2.34. The summed E-state index contributed by atoms with van der Waals surface area (Å²) in [6, 6.07) is 13.8. The number of halogens is 1. The number of carbonyl (C=O) groups excluding carboxylic acids is 1. The lowest BCUT2D eigenvalue weighted by Gasteiger charge is -2.40. The molecule has 0 aliphatic carbocycles. The van der Waals surface area contributed by atoms with Crippen LogP contribution < -0.4 is 5.73 Å². The van der Waals surface area contributed by atoms with Gasteiger partial charge in [-0.15, -0.1) is 0 Å². The molecule has 33 heavy (non-hydrogen) atoms. The second-order valence-electron chi connectivity index (χ2n) is 8.67. The Hall–Kier alpha value is -3.16. The number of fused-ring (bicyclic) bond motifs is 2. The van der Waals surface area contributed by atoms with Gasteiger partial charge in [0.1, 0.15) is 12.1 Å². The van der Waals surface area contributed by atoms with Crippen LogP contribution in [-0.2, 0) is 17.9 Å². The third kappa shape index (κ3) is 4.38. The van der Waals surface area contributed by atoms with Crippen molar-refractivity contribution >= 4 is 45.1 Å². The SMILES string of the molecule is CCC[C@H]1C(=O)N(Cc2ccc3c(N)ncnc3c2)CCN1Cc1cc2cc(Cl)ccc2[nH]1. The maximum absolute atomic E-state index is 13.5. The number of piperazine rings is 1. The molecule has 1 aliphatic heterocycles. The number of aromatic amines is 1. The molecule has 1 amide bonds. The number of rotatable bonds is 6. The van der Waals surface area contributed by atoms with Crippen molar-refractivity contribution in [1.82, 2.24) is 24.8 Å². The second kappa shape index (κ2) is 9.00. The highest BCUT2D eigenvalue weighted by atomic mass is 35.5. The molecule has 5 rings (SSSR count). The number of aromatic nitrogens is 3. The predicted octanol–water partition coefficient (Wildman–Crippen LogP) is 4.36. The van der Waals surface area contributed by atoms with E-state index in [-0.39, 0.29) is 11.9 Å². The van der Waals surface area contributed by atoms with Crippen molar-refractivity contribution in [2.24, 2.45) is 0 Å². The van der Waals surface area contributed by atoms with Crippen molar-refractivity contribution < 1.29 is 4.79 Å². The van der Waals surface area contributed by atoms with E-state index in [0.29, 0.717) is 25.5 Å². The van der Waals surface area contributed by atoms with Crippen molar-refractivity contribution in [3.05, 3.63) is 65.1 Å². The van der Waals surface area contributed by atoms with Crippen molar-refractivity contribution in [3.63, 3.8) is 0 Å². The monoisotopic (exact) mass is 462 g/mol. The number of nitrogens with two attached hydrogens (primary N) is 1. The molecule has 0 radical (unpaired) electrons. The molecule has 7 nitrogen and oxygen atoms in total. The lowest BCUT2D eigenvalue weighted by molar-refractivity contribution is -0.143. The Labute approximate surface area is 197 Å². The van der Waals surface area contributed by atoms with E-state index in [1.165, 1.54) is 6.33 Å². The Kier molecular flexibility index (Phi) is 5.91. The summed E-state index contributed by atoms with van der Waals surface area (Å²) in [5, 5.41) is 2.65.